The van der Waals surface area contributed by atoms with E-state index in [0.29, 0.717) is 13.1 Å². The Kier molecular flexibility index (Phi) is 4.26. The summed E-state index contributed by atoms with van der Waals surface area (Å²) >= 11 is 0. The molecule has 0 atom stereocenters. The Bertz CT molecular complexity index is 979. The summed E-state index contributed by atoms with van der Waals surface area (Å²) in [7, 11) is 3.08. The lowest BCUT2D eigenvalue weighted by molar-refractivity contribution is -0.382. The topological polar surface area (TPSA) is 109 Å². The SMILES string of the molecule is CN(C)n1cc(C(=O)O)c(=O)c2cc(F)c(N3CCCC3)c([N+](=O)[O-])c21. The number of fused-ring (bicyclic) bond motifs is 1. The number of carboxylic acid groups (broad SMARTS) is 1. The van der Waals surface area contributed by atoms with Gasteiger partial charge in [-0.1, -0.05) is 0 Å². The Morgan fingerprint density at radius 3 is 2.46 bits per heavy atom. The predicted molar refractivity (Wildman–Crippen MR) is 93.3 cm³/mol. The molecule has 1 aromatic heterocycles. The summed E-state index contributed by atoms with van der Waals surface area (Å²) in [5, 5.41) is 22.1. The Morgan fingerprint density at radius 2 is 1.96 bits per heavy atom. The van der Waals surface area contributed by atoms with E-state index in [1.807, 2.05) is 0 Å². The van der Waals surface area contributed by atoms with Crippen molar-refractivity contribution in [1.82, 2.24) is 4.68 Å². The summed E-state index contributed by atoms with van der Waals surface area (Å²) in [4.78, 5) is 36.5. The molecule has 1 saturated heterocycles. The smallest absolute Gasteiger partial charge is 0.341 e. The number of aromatic carboxylic acids is 1. The number of aromatic nitrogens is 1. The minimum atomic E-state index is -1.49. The molecule has 1 aliphatic rings. The molecule has 2 aromatic rings. The number of hydrogen-bond acceptors (Lipinski definition) is 6. The third-order valence-corrected chi connectivity index (χ3v) is 4.44. The van der Waals surface area contributed by atoms with E-state index >= 15 is 0 Å². The molecule has 1 aromatic carbocycles. The monoisotopic (exact) mass is 364 g/mol. The van der Waals surface area contributed by atoms with E-state index in [-0.39, 0.29) is 16.6 Å². The van der Waals surface area contributed by atoms with Gasteiger partial charge in [-0.25, -0.2) is 9.18 Å². The fraction of sp³-hybridized carbons (Fsp3) is 0.375. The van der Waals surface area contributed by atoms with E-state index in [0.717, 1.165) is 25.1 Å². The van der Waals surface area contributed by atoms with Crippen molar-refractivity contribution in [2.75, 3.05) is 37.1 Å². The Hall–Kier alpha value is -3.17. The van der Waals surface area contributed by atoms with E-state index in [4.69, 9.17) is 0 Å². The van der Waals surface area contributed by atoms with E-state index in [9.17, 15) is 29.2 Å². The van der Waals surface area contributed by atoms with Gasteiger partial charge < -0.3 is 15.0 Å². The molecule has 1 fully saturated rings. The maximum atomic E-state index is 14.8. The molecular weight excluding hydrogens is 347 g/mol. The molecule has 26 heavy (non-hydrogen) atoms. The first-order chi connectivity index (χ1) is 12.2. The van der Waals surface area contributed by atoms with Crippen molar-refractivity contribution >= 4 is 28.2 Å². The number of nitro groups is 1. The zero-order chi connectivity index (χ0) is 19.2. The molecule has 0 aliphatic carbocycles. The first kappa shape index (κ1) is 17.6. The van der Waals surface area contributed by atoms with Gasteiger partial charge in [0.05, 0.1) is 10.3 Å². The van der Waals surface area contributed by atoms with Crippen molar-refractivity contribution in [3.8, 4) is 0 Å². The van der Waals surface area contributed by atoms with Gasteiger partial charge in [0.15, 0.2) is 17.0 Å². The molecule has 0 saturated carbocycles. The summed E-state index contributed by atoms with van der Waals surface area (Å²) in [6.45, 7) is 0.950. The van der Waals surface area contributed by atoms with Gasteiger partial charge in [-0.15, -0.1) is 0 Å². The highest BCUT2D eigenvalue weighted by Gasteiger charge is 2.32. The number of nitrogens with zero attached hydrogens (tertiary/aromatic N) is 4. The Labute approximate surface area is 147 Å². The summed E-state index contributed by atoms with van der Waals surface area (Å²) in [5.41, 5.74) is -2.38. The van der Waals surface area contributed by atoms with Crippen LogP contribution in [0.3, 0.4) is 0 Å². The van der Waals surface area contributed by atoms with Crippen molar-refractivity contribution in [1.29, 1.82) is 0 Å². The maximum absolute atomic E-state index is 14.8. The van der Waals surface area contributed by atoms with Gasteiger partial charge >= 0.3 is 11.7 Å². The number of carbonyl (C=O) groups is 1. The summed E-state index contributed by atoms with van der Waals surface area (Å²) in [6, 6.07) is 0.894. The van der Waals surface area contributed by atoms with Crippen LogP contribution in [0.1, 0.15) is 23.2 Å². The van der Waals surface area contributed by atoms with Crippen molar-refractivity contribution in [3.05, 3.63) is 44.0 Å². The number of halogens is 1. The normalized spacial score (nSPS) is 14.0. The van der Waals surface area contributed by atoms with Crippen LogP contribution in [0.5, 0.6) is 0 Å². The Morgan fingerprint density at radius 1 is 1.35 bits per heavy atom. The van der Waals surface area contributed by atoms with Crippen LogP contribution in [0.25, 0.3) is 10.9 Å². The highest BCUT2D eigenvalue weighted by Crippen LogP contribution is 2.39. The molecule has 0 unspecified atom stereocenters. The lowest BCUT2D eigenvalue weighted by Crippen LogP contribution is -2.31. The van der Waals surface area contributed by atoms with Gasteiger partial charge in [-0.2, -0.15) is 0 Å². The summed E-state index contributed by atoms with van der Waals surface area (Å²) in [6.07, 6.45) is 2.59. The van der Waals surface area contributed by atoms with Crippen LogP contribution in [0.4, 0.5) is 15.8 Å². The highest BCUT2D eigenvalue weighted by molar-refractivity contribution is 5.99. The number of nitro benzene ring substituents is 1. The minimum Gasteiger partial charge on any atom is -0.477 e. The van der Waals surface area contributed by atoms with Crippen molar-refractivity contribution in [3.63, 3.8) is 0 Å². The van der Waals surface area contributed by atoms with Crippen LogP contribution in [-0.4, -0.2) is 47.9 Å². The van der Waals surface area contributed by atoms with Crippen molar-refractivity contribution in [2.45, 2.75) is 12.8 Å². The molecule has 2 heterocycles. The fourth-order valence-corrected chi connectivity index (χ4v) is 3.29. The van der Waals surface area contributed by atoms with Gasteiger partial charge in [0.1, 0.15) is 5.56 Å². The average Bonchev–Trinajstić information content (AvgIpc) is 3.07. The van der Waals surface area contributed by atoms with Crippen LogP contribution < -0.4 is 15.3 Å². The molecule has 0 bridgehead atoms. The van der Waals surface area contributed by atoms with Gasteiger partial charge in [-0.05, 0) is 18.9 Å². The van der Waals surface area contributed by atoms with Crippen molar-refractivity contribution in [2.24, 2.45) is 0 Å². The molecule has 0 amide bonds. The van der Waals surface area contributed by atoms with Gasteiger partial charge in [0.2, 0.25) is 5.43 Å². The molecule has 0 spiro atoms. The van der Waals surface area contributed by atoms with Crippen LogP contribution >= 0.6 is 0 Å². The van der Waals surface area contributed by atoms with Crippen LogP contribution in [0.15, 0.2) is 17.1 Å². The maximum Gasteiger partial charge on any atom is 0.341 e. The summed E-state index contributed by atoms with van der Waals surface area (Å²) < 4.78 is 16.0. The third-order valence-electron chi connectivity index (χ3n) is 4.44. The zero-order valence-corrected chi connectivity index (χ0v) is 14.2. The molecule has 3 rings (SSSR count). The van der Waals surface area contributed by atoms with Crippen LogP contribution in [-0.2, 0) is 0 Å². The van der Waals surface area contributed by atoms with Gasteiger partial charge in [0, 0.05) is 33.4 Å². The Balaban J connectivity index is 2.53. The number of pyridine rings is 1. The van der Waals surface area contributed by atoms with Crippen LogP contribution in [0.2, 0.25) is 0 Å². The predicted octanol–water partition coefficient (Wildman–Crippen LogP) is 1.54. The average molecular weight is 364 g/mol. The zero-order valence-electron chi connectivity index (χ0n) is 14.2. The second-order valence-electron chi connectivity index (χ2n) is 6.27. The minimum absolute atomic E-state index is 0.127. The largest absolute Gasteiger partial charge is 0.477 e. The molecule has 138 valence electrons. The standard InChI is InChI=1S/C16H17FN4O5/c1-18(2)20-8-10(16(23)24)15(22)9-7-11(17)13(19-5-3-4-6-19)14(12(9)20)21(25)26/h7-8H,3-6H2,1-2H3,(H,23,24). The molecule has 9 nitrogen and oxygen atoms in total. The van der Waals surface area contributed by atoms with E-state index in [1.54, 1.807) is 4.90 Å². The second-order valence-corrected chi connectivity index (χ2v) is 6.27. The second kappa shape index (κ2) is 6.28. The highest BCUT2D eigenvalue weighted by atomic mass is 19.1. The number of hydrogen-bond donors (Lipinski definition) is 1. The molecular formula is C16H17FN4O5. The number of rotatable bonds is 4. The lowest BCUT2D eigenvalue weighted by Gasteiger charge is -2.23. The van der Waals surface area contributed by atoms with Gasteiger partial charge in [0.25, 0.3) is 0 Å². The number of benzene rings is 1. The van der Waals surface area contributed by atoms with Crippen molar-refractivity contribution < 1.29 is 19.2 Å². The van der Waals surface area contributed by atoms with Gasteiger partial charge in [-0.3, -0.25) is 19.6 Å². The van der Waals surface area contributed by atoms with E-state index < -0.39 is 33.4 Å². The molecule has 10 heteroatoms. The molecule has 1 aliphatic heterocycles. The van der Waals surface area contributed by atoms with E-state index in [1.165, 1.54) is 23.8 Å². The quantitative estimate of drug-likeness (QED) is 0.647. The number of carboxylic acids is 1. The van der Waals surface area contributed by atoms with Crippen LogP contribution in [0, 0.1) is 15.9 Å². The number of anilines is 1. The fourth-order valence-electron chi connectivity index (χ4n) is 3.29. The van der Waals surface area contributed by atoms with E-state index in [2.05, 4.69) is 0 Å². The third kappa shape index (κ3) is 2.63. The molecule has 0 radical (unpaired) electrons. The lowest BCUT2D eigenvalue weighted by atomic mass is 10.1. The first-order valence-corrected chi connectivity index (χ1v) is 7.96. The summed E-state index contributed by atoms with van der Waals surface area (Å²) in [5.74, 6) is -2.39. The first-order valence-electron chi connectivity index (χ1n) is 7.96. The molecule has 1 N–H and O–H groups in total.